The number of fused-ring (bicyclic) bond motifs is 1. The molecule has 154 valence electrons. The lowest BCUT2D eigenvalue weighted by Gasteiger charge is -2.44. The molecule has 0 spiro atoms. The summed E-state index contributed by atoms with van der Waals surface area (Å²) < 4.78 is 0. The Morgan fingerprint density at radius 3 is 2.31 bits per heavy atom. The third kappa shape index (κ3) is 3.88. The van der Waals surface area contributed by atoms with E-state index in [1.54, 1.807) is 0 Å². The standard InChI is InChI=1S/C24H31N3O2/c1-24(2)16-27(15-12-21(24)25)22(28)18-10-13-26(14-11-18)23(29)20-9-5-7-17-6-3-4-8-19(17)20/h3-9,18,21H,10-16,25H2,1-2H3. The molecule has 2 amide bonds. The number of hydrogen-bond donors (Lipinski definition) is 1. The fourth-order valence-corrected chi connectivity index (χ4v) is 4.73. The Kier molecular flexibility index (Phi) is 5.34. The molecule has 5 nitrogen and oxygen atoms in total. The van der Waals surface area contributed by atoms with Gasteiger partial charge in [-0.05, 0) is 41.5 Å². The number of carbonyl (C=O) groups excluding carboxylic acids is 2. The number of piperidine rings is 2. The molecule has 5 heteroatoms. The van der Waals surface area contributed by atoms with Gasteiger partial charge in [0.25, 0.3) is 5.91 Å². The van der Waals surface area contributed by atoms with E-state index in [0.717, 1.165) is 48.7 Å². The molecule has 2 aliphatic rings. The van der Waals surface area contributed by atoms with Crippen LogP contribution in [0.15, 0.2) is 42.5 Å². The smallest absolute Gasteiger partial charge is 0.254 e. The number of amides is 2. The first-order valence-electron chi connectivity index (χ1n) is 10.7. The van der Waals surface area contributed by atoms with Gasteiger partial charge >= 0.3 is 0 Å². The Morgan fingerprint density at radius 1 is 0.931 bits per heavy atom. The van der Waals surface area contributed by atoms with Crippen molar-refractivity contribution < 1.29 is 9.59 Å². The zero-order valence-corrected chi connectivity index (χ0v) is 17.4. The molecule has 2 fully saturated rings. The van der Waals surface area contributed by atoms with Crippen molar-refractivity contribution in [2.24, 2.45) is 17.1 Å². The van der Waals surface area contributed by atoms with Crippen molar-refractivity contribution in [2.75, 3.05) is 26.2 Å². The molecule has 29 heavy (non-hydrogen) atoms. The number of nitrogens with two attached hydrogens (primary N) is 1. The SMILES string of the molecule is CC1(C)CN(C(=O)C2CCN(C(=O)c3cccc4ccccc34)CC2)CCC1N. The predicted octanol–water partition coefficient (Wildman–Crippen LogP) is 3.28. The van der Waals surface area contributed by atoms with E-state index < -0.39 is 0 Å². The first-order valence-corrected chi connectivity index (χ1v) is 10.7. The topological polar surface area (TPSA) is 66.6 Å². The minimum atomic E-state index is -0.0427. The van der Waals surface area contributed by atoms with Gasteiger partial charge in [-0.15, -0.1) is 0 Å². The summed E-state index contributed by atoms with van der Waals surface area (Å²) in [6, 6.07) is 14.0. The lowest BCUT2D eigenvalue weighted by molar-refractivity contribution is -0.140. The van der Waals surface area contributed by atoms with E-state index in [1.165, 1.54) is 0 Å². The maximum absolute atomic E-state index is 13.1. The van der Waals surface area contributed by atoms with Gasteiger partial charge in [0.15, 0.2) is 0 Å². The summed E-state index contributed by atoms with van der Waals surface area (Å²) in [6.07, 6.45) is 2.33. The van der Waals surface area contributed by atoms with Crippen molar-refractivity contribution in [2.45, 2.75) is 39.2 Å². The molecule has 1 unspecified atom stereocenters. The van der Waals surface area contributed by atoms with Crippen LogP contribution in [0.5, 0.6) is 0 Å². The third-order valence-corrected chi connectivity index (χ3v) is 6.78. The third-order valence-electron chi connectivity index (χ3n) is 6.78. The molecular weight excluding hydrogens is 362 g/mol. The van der Waals surface area contributed by atoms with E-state index in [1.807, 2.05) is 52.3 Å². The lowest BCUT2D eigenvalue weighted by Crippen LogP contribution is -2.55. The minimum Gasteiger partial charge on any atom is -0.342 e. The van der Waals surface area contributed by atoms with E-state index in [-0.39, 0.29) is 29.2 Å². The van der Waals surface area contributed by atoms with Crippen LogP contribution in [0.4, 0.5) is 0 Å². The summed E-state index contributed by atoms with van der Waals surface area (Å²) in [5, 5.41) is 2.07. The van der Waals surface area contributed by atoms with E-state index in [9.17, 15) is 9.59 Å². The maximum Gasteiger partial charge on any atom is 0.254 e. The Morgan fingerprint density at radius 2 is 1.59 bits per heavy atom. The van der Waals surface area contributed by atoms with Gasteiger partial charge in [0, 0.05) is 43.7 Å². The second kappa shape index (κ2) is 7.79. The zero-order valence-electron chi connectivity index (χ0n) is 17.4. The quantitative estimate of drug-likeness (QED) is 0.851. The van der Waals surface area contributed by atoms with Crippen LogP contribution in [-0.4, -0.2) is 53.8 Å². The fourth-order valence-electron chi connectivity index (χ4n) is 4.73. The monoisotopic (exact) mass is 393 g/mol. The van der Waals surface area contributed by atoms with Crippen LogP contribution in [-0.2, 0) is 4.79 Å². The average Bonchev–Trinajstić information content (AvgIpc) is 2.74. The van der Waals surface area contributed by atoms with Crippen molar-refractivity contribution in [3.8, 4) is 0 Å². The number of benzene rings is 2. The molecular formula is C24H31N3O2. The molecule has 4 rings (SSSR count). The molecule has 2 aromatic carbocycles. The highest BCUT2D eigenvalue weighted by molar-refractivity contribution is 6.07. The van der Waals surface area contributed by atoms with Crippen LogP contribution in [0, 0.1) is 11.3 Å². The second-order valence-corrected chi connectivity index (χ2v) is 9.24. The summed E-state index contributed by atoms with van der Waals surface area (Å²) in [7, 11) is 0. The van der Waals surface area contributed by atoms with Crippen LogP contribution in [0.1, 0.15) is 43.5 Å². The van der Waals surface area contributed by atoms with Gasteiger partial charge in [0.1, 0.15) is 0 Å². The van der Waals surface area contributed by atoms with Gasteiger partial charge in [-0.1, -0.05) is 50.2 Å². The molecule has 2 aliphatic heterocycles. The first-order chi connectivity index (χ1) is 13.9. The van der Waals surface area contributed by atoms with E-state index >= 15 is 0 Å². The van der Waals surface area contributed by atoms with Crippen LogP contribution < -0.4 is 5.73 Å². The number of nitrogens with zero attached hydrogens (tertiary/aromatic N) is 2. The predicted molar refractivity (Wildman–Crippen MR) is 116 cm³/mol. The van der Waals surface area contributed by atoms with E-state index in [0.29, 0.717) is 13.1 Å². The first kappa shape index (κ1) is 19.9. The van der Waals surface area contributed by atoms with Crippen molar-refractivity contribution in [1.29, 1.82) is 0 Å². The van der Waals surface area contributed by atoms with Gasteiger partial charge in [0.2, 0.25) is 5.91 Å². The number of likely N-dealkylation sites (tertiary alicyclic amines) is 2. The van der Waals surface area contributed by atoms with Crippen LogP contribution in [0.25, 0.3) is 10.8 Å². The van der Waals surface area contributed by atoms with Crippen molar-refractivity contribution >= 4 is 22.6 Å². The summed E-state index contributed by atoms with van der Waals surface area (Å²) in [5.41, 5.74) is 6.92. The van der Waals surface area contributed by atoms with Gasteiger partial charge in [-0.25, -0.2) is 0 Å². The van der Waals surface area contributed by atoms with E-state index in [2.05, 4.69) is 13.8 Å². The Balaban J connectivity index is 1.40. The highest BCUT2D eigenvalue weighted by Crippen LogP contribution is 2.30. The molecule has 0 saturated carbocycles. The number of rotatable bonds is 2. The van der Waals surface area contributed by atoms with Gasteiger partial charge in [-0.3, -0.25) is 9.59 Å². The second-order valence-electron chi connectivity index (χ2n) is 9.24. The maximum atomic E-state index is 13.1. The highest BCUT2D eigenvalue weighted by atomic mass is 16.2. The average molecular weight is 394 g/mol. The Hall–Kier alpha value is -2.40. The summed E-state index contributed by atoms with van der Waals surface area (Å²) in [6.45, 7) is 7.02. The van der Waals surface area contributed by atoms with Gasteiger partial charge in [0.05, 0.1) is 0 Å². The molecule has 0 aliphatic carbocycles. The lowest BCUT2D eigenvalue weighted by atomic mass is 9.79. The molecule has 1 atom stereocenters. The fraction of sp³-hybridized carbons (Fsp3) is 0.500. The Bertz CT molecular complexity index is 910. The van der Waals surface area contributed by atoms with E-state index in [4.69, 9.17) is 5.73 Å². The van der Waals surface area contributed by atoms with Crippen molar-refractivity contribution in [1.82, 2.24) is 9.80 Å². The largest absolute Gasteiger partial charge is 0.342 e. The molecule has 2 N–H and O–H groups in total. The minimum absolute atomic E-state index is 0.0108. The molecule has 0 aromatic heterocycles. The van der Waals surface area contributed by atoms with Crippen LogP contribution in [0.3, 0.4) is 0 Å². The normalized spacial score (nSPS) is 22.7. The van der Waals surface area contributed by atoms with Gasteiger partial charge in [-0.2, -0.15) is 0 Å². The molecule has 0 bridgehead atoms. The summed E-state index contributed by atoms with van der Waals surface area (Å²) >= 11 is 0. The van der Waals surface area contributed by atoms with Gasteiger partial charge < -0.3 is 15.5 Å². The molecule has 0 radical (unpaired) electrons. The van der Waals surface area contributed by atoms with Crippen LogP contribution in [0.2, 0.25) is 0 Å². The van der Waals surface area contributed by atoms with Crippen molar-refractivity contribution in [3.63, 3.8) is 0 Å². The molecule has 2 saturated heterocycles. The molecule has 2 heterocycles. The highest BCUT2D eigenvalue weighted by Gasteiger charge is 2.38. The Labute approximate surface area is 172 Å². The molecule has 2 aromatic rings. The number of hydrogen-bond acceptors (Lipinski definition) is 3. The zero-order chi connectivity index (χ0) is 20.6. The van der Waals surface area contributed by atoms with Crippen LogP contribution >= 0.6 is 0 Å². The van der Waals surface area contributed by atoms with Crippen molar-refractivity contribution in [3.05, 3.63) is 48.0 Å². The number of carbonyl (C=O) groups is 2. The summed E-state index contributed by atoms with van der Waals surface area (Å²) in [5.74, 6) is 0.316. The summed E-state index contributed by atoms with van der Waals surface area (Å²) in [4.78, 5) is 30.1.